The summed E-state index contributed by atoms with van der Waals surface area (Å²) in [5.74, 6) is 0.290. The van der Waals surface area contributed by atoms with Gasteiger partial charge in [0.1, 0.15) is 5.58 Å². The van der Waals surface area contributed by atoms with Gasteiger partial charge in [-0.1, -0.05) is 19.1 Å². The first-order valence-corrected chi connectivity index (χ1v) is 7.54. The fraction of sp³-hybridized carbons (Fsp3) is 0.471. The molecule has 21 heavy (non-hydrogen) atoms. The van der Waals surface area contributed by atoms with E-state index >= 15 is 0 Å². The molecule has 2 aromatic rings. The van der Waals surface area contributed by atoms with E-state index in [4.69, 9.17) is 4.42 Å². The Morgan fingerprint density at radius 2 is 1.81 bits per heavy atom. The fourth-order valence-corrected chi connectivity index (χ4v) is 2.54. The lowest BCUT2D eigenvalue weighted by atomic mass is 10.0. The van der Waals surface area contributed by atoms with Crippen LogP contribution in [0.15, 0.2) is 16.5 Å². The van der Waals surface area contributed by atoms with Gasteiger partial charge in [-0.25, -0.2) is 0 Å². The molecule has 114 valence electrons. The highest BCUT2D eigenvalue weighted by atomic mass is 16.3. The average Bonchev–Trinajstić information content (AvgIpc) is 2.82. The SMILES string of the molecule is CCCNCCNC(=O)c1oc2c(C)ccc(C)c2c1C. The lowest BCUT2D eigenvalue weighted by Crippen LogP contribution is -2.32. The molecule has 4 heteroatoms. The van der Waals surface area contributed by atoms with E-state index < -0.39 is 0 Å². The van der Waals surface area contributed by atoms with Gasteiger partial charge in [0, 0.05) is 24.0 Å². The monoisotopic (exact) mass is 288 g/mol. The molecule has 1 aromatic carbocycles. The van der Waals surface area contributed by atoms with E-state index in [-0.39, 0.29) is 5.91 Å². The topological polar surface area (TPSA) is 54.3 Å². The van der Waals surface area contributed by atoms with E-state index in [0.29, 0.717) is 12.3 Å². The third kappa shape index (κ3) is 3.27. The lowest BCUT2D eigenvalue weighted by Gasteiger charge is -2.04. The van der Waals surface area contributed by atoms with Crippen LogP contribution in [-0.2, 0) is 0 Å². The molecule has 0 atom stereocenters. The number of benzene rings is 1. The van der Waals surface area contributed by atoms with E-state index in [1.165, 1.54) is 0 Å². The zero-order valence-corrected chi connectivity index (χ0v) is 13.3. The summed E-state index contributed by atoms with van der Waals surface area (Å²) in [7, 11) is 0. The van der Waals surface area contributed by atoms with Gasteiger partial charge in [-0.2, -0.15) is 0 Å². The van der Waals surface area contributed by atoms with Crippen LogP contribution in [0.5, 0.6) is 0 Å². The van der Waals surface area contributed by atoms with Gasteiger partial charge in [0.2, 0.25) is 0 Å². The van der Waals surface area contributed by atoms with Gasteiger partial charge in [-0.3, -0.25) is 4.79 Å². The quantitative estimate of drug-likeness (QED) is 0.803. The van der Waals surface area contributed by atoms with Crippen molar-refractivity contribution in [1.29, 1.82) is 0 Å². The lowest BCUT2D eigenvalue weighted by molar-refractivity contribution is 0.0927. The zero-order chi connectivity index (χ0) is 15.4. The summed E-state index contributed by atoms with van der Waals surface area (Å²) in [6, 6.07) is 4.09. The first-order chi connectivity index (χ1) is 10.1. The summed E-state index contributed by atoms with van der Waals surface area (Å²) in [4.78, 5) is 12.3. The summed E-state index contributed by atoms with van der Waals surface area (Å²) in [5.41, 5.74) is 3.94. The first kappa shape index (κ1) is 15.6. The van der Waals surface area contributed by atoms with Crippen molar-refractivity contribution in [1.82, 2.24) is 10.6 Å². The highest BCUT2D eigenvalue weighted by molar-refractivity contribution is 6.00. The fourth-order valence-electron chi connectivity index (χ4n) is 2.54. The van der Waals surface area contributed by atoms with Crippen LogP contribution in [0.3, 0.4) is 0 Å². The number of fused-ring (bicyclic) bond motifs is 1. The Morgan fingerprint density at radius 1 is 1.10 bits per heavy atom. The molecule has 0 radical (unpaired) electrons. The molecule has 0 unspecified atom stereocenters. The molecule has 0 aliphatic heterocycles. The van der Waals surface area contributed by atoms with Crippen LogP contribution in [0.4, 0.5) is 0 Å². The zero-order valence-electron chi connectivity index (χ0n) is 13.3. The number of nitrogens with one attached hydrogen (secondary N) is 2. The summed E-state index contributed by atoms with van der Waals surface area (Å²) in [6.07, 6.45) is 1.09. The Hall–Kier alpha value is -1.81. The second kappa shape index (κ2) is 6.76. The van der Waals surface area contributed by atoms with Crippen LogP contribution in [0.25, 0.3) is 11.0 Å². The highest BCUT2D eigenvalue weighted by Gasteiger charge is 2.19. The average molecular weight is 288 g/mol. The van der Waals surface area contributed by atoms with E-state index in [9.17, 15) is 4.79 Å². The van der Waals surface area contributed by atoms with Crippen molar-refractivity contribution < 1.29 is 9.21 Å². The Balaban J connectivity index is 2.15. The van der Waals surface area contributed by atoms with Crippen LogP contribution in [0.1, 0.15) is 40.6 Å². The molecular weight excluding hydrogens is 264 g/mol. The third-order valence-electron chi connectivity index (χ3n) is 3.70. The van der Waals surface area contributed by atoms with Gasteiger partial charge in [-0.05, 0) is 44.9 Å². The van der Waals surface area contributed by atoms with Gasteiger partial charge in [-0.15, -0.1) is 0 Å². The minimum atomic E-state index is -0.138. The van der Waals surface area contributed by atoms with Crippen molar-refractivity contribution in [3.63, 3.8) is 0 Å². The number of carbonyl (C=O) groups is 1. The van der Waals surface area contributed by atoms with Crippen molar-refractivity contribution in [3.8, 4) is 0 Å². The van der Waals surface area contributed by atoms with Crippen LogP contribution in [0.2, 0.25) is 0 Å². The summed E-state index contributed by atoms with van der Waals surface area (Å²) < 4.78 is 5.82. The van der Waals surface area contributed by atoms with Crippen LogP contribution in [0, 0.1) is 20.8 Å². The van der Waals surface area contributed by atoms with E-state index in [0.717, 1.165) is 47.2 Å². The van der Waals surface area contributed by atoms with Crippen molar-refractivity contribution in [2.45, 2.75) is 34.1 Å². The molecule has 1 aromatic heterocycles. The minimum Gasteiger partial charge on any atom is -0.450 e. The summed E-state index contributed by atoms with van der Waals surface area (Å²) in [5, 5.41) is 7.22. The number of aryl methyl sites for hydroxylation is 3. The van der Waals surface area contributed by atoms with Crippen molar-refractivity contribution in [3.05, 3.63) is 34.6 Å². The molecule has 0 saturated carbocycles. The predicted octanol–water partition coefficient (Wildman–Crippen LogP) is 3.09. The summed E-state index contributed by atoms with van der Waals surface area (Å²) in [6.45, 7) is 10.5. The maximum atomic E-state index is 12.3. The molecule has 1 heterocycles. The smallest absolute Gasteiger partial charge is 0.287 e. The minimum absolute atomic E-state index is 0.138. The number of furan rings is 1. The number of amides is 1. The molecule has 0 fully saturated rings. The molecule has 0 bridgehead atoms. The van der Waals surface area contributed by atoms with E-state index in [1.54, 1.807) is 0 Å². The first-order valence-electron chi connectivity index (χ1n) is 7.54. The van der Waals surface area contributed by atoms with Crippen LogP contribution < -0.4 is 10.6 Å². The number of hydrogen-bond acceptors (Lipinski definition) is 3. The second-order valence-corrected chi connectivity index (χ2v) is 5.47. The Bertz CT molecular complexity index is 644. The maximum absolute atomic E-state index is 12.3. The molecule has 4 nitrogen and oxygen atoms in total. The van der Waals surface area contributed by atoms with Gasteiger partial charge < -0.3 is 15.1 Å². The molecule has 0 aliphatic rings. The van der Waals surface area contributed by atoms with Gasteiger partial charge >= 0.3 is 0 Å². The largest absolute Gasteiger partial charge is 0.450 e. The molecule has 2 rings (SSSR count). The Kier molecular flexibility index (Phi) is 5.02. The van der Waals surface area contributed by atoms with Gasteiger partial charge in [0.15, 0.2) is 5.76 Å². The molecule has 1 amide bonds. The van der Waals surface area contributed by atoms with Crippen molar-refractivity contribution in [2.75, 3.05) is 19.6 Å². The van der Waals surface area contributed by atoms with Gasteiger partial charge in [0.25, 0.3) is 5.91 Å². The van der Waals surface area contributed by atoms with Gasteiger partial charge in [0.05, 0.1) is 0 Å². The molecule has 0 spiro atoms. The number of carbonyl (C=O) groups excluding carboxylic acids is 1. The Labute approximate surface area is 125 Å². The Morgan fingerprint density at radius 3 is 2.48 bits per heavy atom. The highest BCUT2D eigenvalue weighted by Crippen LogP contribution is 2.30. The van der Waals surface area contributed by atoms with Crippen LogP contribution >= 0.6 is 0 Å². The normalized spacial score (nSPS) is 11.0. The molecule has 2 N–H and O–H groups in total. The predicted molar refractivity (Wildman–Crippen MR) is 85.9 cm³/mol. The third-order valence-corrected chi connectivity index (χ3v) is 3.70. The molecular formula is C17H24N2O2. The van der Waals surface area contributed by atoms with Crippen molar-refractivity contribution >= 4 is 16.9 Å². The number of hydrogen-bond donors (Lipinski definition) is 2. The second-order valence-electron chi connectivity index (χ2n) is 5.47. The van der Waals surface area contributed by atoms with Crippen molar-refractivity contribution in [2.24, 2.45) is 0 Å². The number of rotatable bonds is 6. The standard InChI is InChI=1S/C17H24N2O2/c1-5-8-18-9-10-19-17(20)16-13(4)14-11(2)6-7-12(3)15(14)21-16/h6-7,18H,5,8-10H2,1-4H3,(H,19,20). The van der Waals surface area contributed by atoms with E-state index in [2.05, 4.69) is 23.6 Å². The molecule has 0 saturated heterocycles. The van der Waals surface area contributed by atoms with E-state index in [1.807, 2.05) is 26.8 Å². The summed E-state index contributed by atoms with van der Waals surface area (Å²) >= 11 is 0. The van der Waals surface area contributed by atoms with Crippen LogP contribution in [-0.4, -0.2) is 25.5 Å². The molecule has 0 aliphatic carbocycles. The maximum Gasteiger partial charge on any atom is 0.287 e.